The lowest BCUT2D eigenvalue weighted by atomic mass is 10.2. The van der Waals surface area contributed by atoms with Crippen LogP contribution in [0.2, 0.25) is 15.1 Å². The van der Waals surface area contributed by atoms with Crippen LogP contribution in [0.4, 0.5) is 17.5 Å². The highest BCUT2D eigenvalue weighted by molar-refractivity contribution is 6.36. The third-order valence-electron chi connectivity index (χ3n) is 3.15. The molecule has 2 aromatic carbocycles. The zero-order valence-corrected chi connectivity index (χ0v) is 14.6. The molecule has 0 spiro atoms. The molecule has 0 aliphatic heterocycles. The van der Waals surface area contributed by atoms with Crippen LogP contribution >= 0.6 is 34.8 Å². The molecule has 0 radical (unpaired) electrons. The molecular formula is C16H12Cl3N5. The van der Waals surface area contributed by atoms with Crippen molar-refractivity contribution in [1.29, 1.82) is 0 Å². The summed E-state index contributed by atoms with van der Waals surface area (Å²) >= 11 is 18.1. The first kappa shape index (κ1) is 16.8. The second-order valence-electron chi connectivity index (χ2n) is 4.86. The number of hydrogen-bond donors (Lipinski definition) is 2. The smallest absolute Gasteiger partial charge is 0.249 e. The minimum Gasteiger partial charge on any atom is -0.364 e. The van der Waals surface area contributed by atoms with Gasteiger partial charge in [0.25, 0.3) is 0 Å². The van der Waals surface area contributed by atoms with Gasteiger partial charge in [-0.3, -0.25) is 0 Å². The van der Waals surface area contributed by atoms with E-state index in [1.54, 1.807) is 18.2 Å². The van der Waals surface area contributed by atoms with Crippen LogP contribution in [0, 0.1) is 0 Å². The molecule has 0 aliphatic carbocycles. The maximum atomic E-state index is 6.13. The van der Waals surface area contributed by atoms with E-state index in [1.807, 2.05) is 24.3 Å². The second kappa shape index (κ2) is 7.66. The molecule has 3 aromatic rings. The molecule has 0 fully saturated rings. The Morgan fingerprint density at radius 3 is 2.58 bits per heavy atom. The summed E-state index contributed by atoms with van der Waals surface area (Å²) in [4.78, 5) is 4.35. The molecule has 0 amide bonds. The molecule has 0 aliphatic rings. The van der Waals surface area contributed by atoms with Crippen LogP contribution in [-0.4, -0.2) is 15.2 Å². The average Bonchev–Trinajstić information content (AvgIpc) is 2.57. The van der Waals surface area contributed by atoms with Gasteiger partial charge in [-0.25, -0.2) is 0 Å². The highest BCUT2D eigenvalue weighted by atomic mass is 35.5. The second-order valence-corrected chi connectivity index (χ2v) is 6.11. The van der Waals surface area contributed by atoms with Gasteiger partial charge in [-0.2, -0.15) is 10.1 Å². The Morgan fingerprint density at radius 2 is 1.79 bits per heavy atom. The molecule has 0 saturated carbocycles. The van der Waals surface area contributed by atoms with Crippen LogP contribution in [0.1, 0.15) is 5.56 Å². The largest absolute Gasteiger partial charge is 0.364 e. The third-order valence-corrected chi connectivity index (χ3v) is 4.07. The Hall–Kier alpha value is -2.08. The molecule has 122 valence electrons. The van der Waals surface area contributed by atoms with Crippen LogP contribution in [0.15, 0.2) is 48.7 Å². The Kier molecular flexibility index (Phi) is 5.35. The van der Waals surface area contributed by atoms with E-state index in [4.69, 9.17) is 34.8 Å². The summed E-state index contributed by atoms with van der Waals surface area (Å²) in [5.41, 5.74) is 1.61. The standard InChI is InChI=1S/C16H12Cl3N5/c17-11-5-6-14(13(19)7-11)22-16-23-15(9-21-24-16)20-8-10-3-1-2-4-12(10)18/h1-7,9H,8H2,(H2,20,22,23,24). The molecule has 1 heterocycles. The molecule has 1 aromatic heterocycles. The molecule has 0 saturated heterocycles. The number of rotatable bonds is 5. The molecule has 5 nitrogen and oxygen atoms in total. The van der Waals surface area contributed by atoms with Gasteiger partial charge < -0.3 is 10.6 Å². The quantitative estimate of drug-likeness (QED) is 0.638. The fourth-order valence-electron chi connectivity index (χ4n) is 1.98. The predicted molar refractivity (Wildman–Crippen MR) is 98.4 cm³/mol. The fraction of sp³-hybridized carbons (Fsp3) is 0.0625. The van der Waals surface area contributed by atoms with Crippen LogP contribution in [0.5, 0.6) is 0 Å². The molecule has 24 heavy (non-hydrogen) atoms. The maximum Gasteiger partial charge on any atom is 0.249 e. The number of halogens is 3. The highest BCUT2D eigenvalue weighted by Gasteiger charge is 2.06. The van der Waals surface area contributed by atoms with E-state index in [-0.39, 0.29) is 0 Å². The zero-order valence-electron chi connectivity index (χ0n) is 12.3. The number of nitrogens with one attached hydrogen (secondary N) is 2. The minimum atomic E-state index is 0.323. The van der Waals surface area contributed by atoms with Gasteiger partial charge in [0, 0.05) is 16.6 Å². The Labute approximate surface area is 154 Å². The van der Waals surface area contributed by atoms with Gasteiger partial charge in [-0.1, -0.05) is 53.0 Å². The summed E-state index contributed by atoms with van der Waals surface area (Å²) < 4.78 is 0. The number of anilines is 3. The van der Waals surface area contributed by atoms with E-state index in [2.05, 4.69) is 25.8 Å². The maximum absolute atomic E-state index is 6.13. The van der Waals surface area contributed by atoms with Crippen LogP contribution < -0.4 is 10.6 Å². The molecule has 0 unspecified atom stereocenters. The lowest BCUT2D eigenvalue weighted by Crippen LogP contribution is -2.06. The summed E-state index contributed by atoms with van der Waals surface area (Å²) in [5.74, 6) is 0.890. The Balaban J connectivity index is 1.71. The van der Waals surface area contributed by atoms with Gasteiger partial charge in [0.2, 0.25) is 5.95 Å². The van der Waals surface area contributed by atoms with Crippen LogP contribution in [-0.2, 0) is 6.54 Å². The van der Waals surface area contributed by atoms with E-state index >= 15 is 0 Å². The zero-order chi connectivity index (χ0) is 16.9. The summed E-state index contributed by atoms with van der Waals surface area (Å²) in [6.45, 7) is 0.527. The lowest BCUT2D eigenvalue weighted by Gasteiger charge is -2.09. The molecule has 0 atom stereocenters. The van der Waals surface area contributed by atoms with Crippen molar-refractivity contribution >= 4 is 52.3 Å². The van der Waals surface area contributed by atoms with Gasteiger partial charge in [0.05, 0.1) is 16.9 Å². The number of hydrogen-bond acceptors (Lipinski definition) is 5. The topological polar surface area (TPSA) is 62.7 Å². The van der Waals surface area contributed by atoms with E-state index in [0.29, 0.717) is 39.1 Å². The third kappa shape index (κ3) is 4.26. The molecule has 0 bridgehead atoms. The summed E-state index contributed by atoms with van der Waals surface area (Å²) in [6, 6.07) is 12.7. The van der Waals surface area contributed by atoms with Crippen molar-refractivity contribution in [3.63, 3.8) is 0 Å². The first-order valence-corrected chi connectivity index (χ1v) is 8.14. The van der Waals surface area contributed by atoms with E-state index in [0.717, 1.165) is 5.56 Å². The van der Waals surface area contributed by atoms with Gasteiger partial charge in [0.1, 0.15) is 0 Å². The lowest BCUT2D eigenvalue weighted by molar-refractivity contribution is 0.966. The fourth-order valence-corrected chi connectivity index (χ4v) is 2.64. The van der Waals surface area contributed by atoms with E-state index < -0.39 is 0 Å². The SMILES string of the molecule is Clc1ccc(Nc2nncc(NCc3ccccc3Cl)n2)c(Cl)c1. The molecule has 2 N–H and O–H groups in total. The van der Waals surface area contributed by atoms with Crippen molar-refractivity contribution in [3.05, 3.63) is 69.3 Å². The normalized spacial score (nSPS) is 10.5. The van der Waals surface area contributed by atoms with Crippen molar-refractivity contribution in [2.45, 2.75) is 6.54 Å². The number of aromatic nitrogens is 3. The molecular weight excluding hydrogens is 369 g/mol. The van der Waals surface area contributed by atoms with Crippen molar-refractivity contribution in [1.82, 2.24) is 15.2 Å². The van der Waals surface area contributed by atoms with Crippen LogP contribution in [0.3, 0.4) is 0 Å². The van der Waals surface area contributed by atoms with Crippen molar-refractivity contribution in [3.8, 4) is 0 Å². The monoisotopic (exact) mass is 379 g/mol. The van der Waals surface area contributed by atoms with E-state index in [9.17, 15) is 0 Å². The summed E-state index contributed by atoms with van der Waals surface area (Å²) in [5, 5.41) is 15.8. The van der Waals surface area contributed by atoms with Crippen molar-refractivity contribution < 1.29 is 0 Å². The Morgan fingerprint density at radius 1 is 0.958 bits per heavy atom. The van der Waals surface area contributed by atoms with Gasteiger partial charge in [0.15, 0.2) is 5.82 Å². The van der Waals surface area contributed by atoms with Gasteiger partial charge in [-0.05, 0) is 29.8 Å². The average molecular weight is 381 g/mol. The van der Waals surface area contributed by atoms with E-state index in [1.165, 1.54) is 6.20 Å². The summed E-state index contributed by atoms with van der Waals surface area (Å²) in [7, 11) is 0. The first-order valence-electron chi connectivity index (χ1n) is 7.01. The summed E-state index contributed by atoms with van der Waals surface area (Å²) in [6.07, 6.45) is 1.53. The first-order chi connectivity index (χ1) is 11.6. The highest BCUT2D eigenvalue weighted by Crippen LogP contribution is 2.27. The number of benzene rings is 2. The minimum absolute atomic E-state index is 0.323. The predicted octanol–water partition coefficient (Wildman–Crippen LogP) is 5.19. The van der Waals surface area contributed by atoms with Crippen molar-refractivity contribution in [2.24, 2.45) is 0 Å². The van der Waals surface area contributed by atoms with Crippen molar-refractivity contribution in [2.75, 3.05) is 10.6 Å². The number of nitrogens with zero attached hydrogens (tertiary/aromatic N) is 3. The molecule has 8 heteroatoms. The van der Waals surface area contributed by atoms with Crippen LogP contribution in [0.25, 0.3) is 0 Å². The van der Waals surface area contributed by atoms with Gasteiger partial charge >= 0.3 is 0 Å². The van der Waals surface area contributed by atoms with Gasteiger partial charge in [-0.15, -0.1) is 5.10 Å². The Bertz CT molecular complexity index is 857. The molecule has 3 rings (SSSR count).